The van der Waals surface area contributed by atoms with Gasteiger partial charge in [-0.25, -0.2) is 0 Å². The minimum atomic E-state index is -1.94. The van der Waals surface area contributed by atoms with Crippen molar-refractivity contribution in [1.29, 1.82) is 0 Å². The van der Waals surface area contributed by atoms with E-state index in [4.69, 9.17) is 10.2 Å². The van der Waals surface area contributed by atoms with Crippen LogP contribution in [-0.2, 0) is 18.8 Å². The molecule has 7 nitrogen and oxygen atoms in total. The van der Waals surface area contributed by atoms with Crippen LogP contribution >= 0.6 is 0 Å². The molecule has 0 unspecified atom stereocenters. The number of rotatable bonds is 11. The van der Waals surface area contributed by atoms with Gasteiger partial charge in [0, 0.05) is 19.4 Å². The normalized spacial score (nSPS) is 13.9. The first-order chi connectivity index (χ1) is 13.8. The summed E-state index contributed by atoms with van der Waals surface area (Å²) in [5.41, 5.74) is 6.42. The van der Waals surface area contributed by atoms with Gasteiger partial charge in [-0.3, -0.25) is 14.4 Å². The molecule has 0 bridgehead atoms. The number of hydrogen-bond donors (Lipinski definition) is 3. The van der Waals surface area contributed by atoms with Gasteiger partial charge < -0.3 is 20.8 Å². The van der Waals surface area contributed by atoms with E-state index in [1.807, 2.05) is 37.3 Å². The summed E-state index contributed by atoms with van der Waals surface area (Å²) in [5.74, 6) is -1.21. The summed E-state index contributed by atoms with van der Waals surface area (Å²) in [5, 5.41) is 5.55. The second kappa shape index (κ2) is 11.3. The van der Waals surface area contributed by atoms with Gasteiger partial charge in [0.2, 0.25) is 17.7 Å². The van der Waals surface area contributed by atoms with Crippen LogP contribution in [0.4, 0.5) is 0 Å². The molecule has 8 heteroatoms. The molecule has 0 aliphatic rings. The molecule has 0 aromatic heterocycles. The Kier molecular flexibility index (Phi) is 9.71. The van der Waals surface area contributed by atoms with Crippen molar-refractivity contribution >= 4 is 26.0 Å². The Labute approximate surface area is 181 Å². The molecule has 0 fully saturated rings. The SMILES string of the molecule is C[C@@H](NC(=O)CCC(=O)N[C@H](CCO[Si](C)(C)C(C)(C)C)C(N)=O)c1ccccc1. The van der Waals surface area contributed by atoms with E-state index in [1.165, 1.54) is 0 Å². The first-order valence-electron chi connectivity index (χ1n) is 10.4. The van der Waals surface area contributed by atoms with Gasteiger partial charge >= 0.3 is 0 Å². The van der Waals surface area contributed by atoms with E-state index >= 15 is 0 Å². The maximum Gasteiger partial charge on any atom is 0.240 e. The van der Waals surface area contributed by atoms with Crippen LogP contribution in [-0.4, -0.2) is 38.7 Å². The van der Waals surface area contributed by atoms with Crippen LogP contribution in [0, 0.1) is 0 Å². The zero-order chi connectivity index (χ0) is 22.9. The molecule has 4 N–H and O–H groups in total. The van der Waals surface area contributed by atoms with Crippen LogP contribution in [0.25, 0.3) is 0 Å². The number of nitrogens with two attached hydrogens (primary N) is 1. The molecule has 1 aromatic carbocycles. The Morgan fingerprint density at radius 3 is 2.07 bits per heavy atom. The van der Waals surface area contributed by atoms with Crippen molar-refractivity contribution in [2.45, 2.75) is 77.2 Å². The van der Waals surface area contributed by atoms with Crippen molar-refractivity contribution in [3.63, 3.8) is 0 Å². The summed E-state index contributed by atoms with van der Waals surface area (Å²) in [6.45, 7) is 12.9. The molecule has 0 heterocycles. The van der Waals surface area contributed by atoms with E-state index in [1.54, 1.807) is 0 Å². The number of primary amides is 1. The monoisotopic (exact) mass is 435 g/mol. The molecule has 0 saturated heterocycles. The fourth-order valence-electron chi connectivity index (χ4n) is 2.57. The van der Waals surface area contributed by atoms with E-state index in [0.717, 1.165) is 5.56 Å². The molecule has 0 radical (unpaired) electrons. The second-order valence-electron chi connectivity index (χ2n) is 9.12. The van der Waals surface area contributed by atoms with Crippen molar-refractivity contribution in [2.24, 2.45) is 5.73 Å². The maximum absolute atomic E-state index is 12.2. The van der Waals surface area contributed by atoms with E-state index < -0.39 is 20.3 Å². The molecule has 30 heavy (non-hydrogen) atoms. The van der Waals surface area contributed by atoms with Gasteiger partial charge in [0.15, 0.2) is 8.32 Å². The third-order valence-electron chi connectivity index (χ3n) is 5.61. The minimum absolute atomic E-state index is 0.0137. The number of amides is 3. The summed E-state index contributed by atoms with van der Waals surface area (Å²) in [4.78, 5) is 36.0. The van der Waals surface area contributed by atoms with Crippen molar-refractivity contribution in [3.8, 4) is 0 Å². The van der Waals surface area contributed by atoms with Gasteiger partial charge in [0.1, 0.15) is 6.04 Å². The molecule has 3 amide bonds. The molecule has 0 saturated carbocycles. The first kappa shape index (κ1) is 25.8. The predicted octanol–water partition coefficient (Wildman–Crippen LogP) is 3.03. The standard InChI is InChI=1S/C22H37N3O4Si/c1-16(17-10-8-7-9-11-17)24-19(26)12-13-20(27)25-18(21(23)28)14-15-29-30(5,6)22(2,3)4/h7-11,16,18H,12-15H2,1-6H3,(H2,23,28)(H,24,26)(H,25,27)/t16-,18-/m1/s1. The van der Waals surface area contributed by atoms with Crippen LogP contribution in [0.1, 0.15) is 58.6 Å². The van der Waals surface area contributed by atoms with Crippen molar-refractivity contribution in [2.75, 3.05) is 6.61 Å². The van der Waals surface area contributed by atoms with Crippen LogP contribution in [0.15, 0.2) is 30.3 Å². The molecular weight excluding hydrogens is 398 g/mol. The number of benzene rings is 1. The molecule has 2 atom stereocenters. The largest absolute Gasteiger partial charge is 0.417 e. The highest BCUT2D eigenvalue weighted by atomic mass is 28.4. The molecule has 168 valence electrons. The highest BCUT2D eigenvalue weighted by molar-refractivity contribution is 6.74. The zero-order valence-electron chi connectivity index (χ0n) is 19.1. The molecule has 1 aromatic rings. The highest BCUT2D eigenvalue weighted by Crippen LogP contribution is 2.36. The lowest BCUT2D eigenvalue weighted by Crippen LogP contribution is -2.47. The Balaban J connectivity index is 2.44. The van der Waals surface area contributed by atoms with Crippen LogP contribution < -0.4 is 16.4 Å². The van der Waals surface area contributed by atoms with Crippen LogP contribution in [0.2, 0.25) is 18.1 Å². The fraction of sp³-hybridized carbons (Fsp3) is 0.591. The zero-order valence-corrected chi connectivity index (χ0v) is 20.1. The lowest BCUT2D eigenvalue weighted by atomic mass is 10.1. The molecule has 1 rings (SSSR count). The number of carbonyl (C=O) groups excluding carboxylic acids is 3. The second-order valence-corrected chi connectivity index (χ2v) is 13.9. The third kappa shape index (κ3) is 8.67. The smallest absolute Gasteiger partial charge is 0.240 e. The van der Waals surface area contributed by atoms with Gasteiger partial charge in [-0.15, -0.1) is 0 Å². The lowest BCUT2D eigenvalue weighted by Gasteiger charge is -2.36. The van der Waals surface area contributed by atoms with Crippen molar-refractivity contribution < 1.29 is 18.8 Å². The Bertz CT molecular complexity index is 717. The third-order valence-corrected chi connectivity index (χ3v) is 10.1. The van der Waals surface area contributed by atoms with Gasteiger partial charge in [-0.2, -0.15) is 0 Å². The molecule has 0 aliphatic carbocycles. The lowest BCUT2D eigenvalue weighted by molar-refractivity contribution is -0.129. The quantitative estimate of drug-likeness (QED) is 0.464. The molecule has 0 aliphatic heterocycles. The van der Waals surface area contributed by atoms with Crippen molar-refractivity contribution in [3.05, 3.63) is 35.9 Å². The van der Waals surface area contributed by atoms with Gasteiger partial charge in [0.05, 0.1) is 6.04 Å². The number of nitrogens with one attached hydrogen (secondary N) is 2. The topological polar surface area (TPSA) is 111 Å². The summed E-state index contributed by atoms with van der Waals surface area (Å²) >= 11 is 0. The van der Waals surface area contributed by atoms with E-state index in [9.17, 15) is 14.4 Å². The Morgan fingerprint density at radius 1 is 1.03 bits per heavy atom. The van der Waals surface area contributed by atoms with E-state index in [0.29, 0.717) is 13.0 Å². The minimum Gasteiger partial charge on any atom is -0.417 e. The van der Waals surface area contributed by atoms with Crippen LogP contribution in [0.3, 0.4) is 0 Å². The summed E-state index contributed by atoms with van der Waals surface area (Å²) in [6.07, 6.45) is 0.333. The Hall–Kier alpha value is -2.19. The number of hydrogen-bond acceptors (Lipinski definition) is 4. The first-order valence-corrected chi connectivity index (χ1v) is 13.3. The van der Waals surface area contributed by atoms with Gasteiger partial charge in [-0.05, 0) is 37.0 Å². The molecular formula is C22H37N3O4Si. The van der Waals surface area contributed by atoms with Crippen molar-refractivity contribution in [1.82, 2.24) is 10.6 Å². The average Bonchev–Trinajstić information content (AvgIpc) is 2.65. The van der Waals surface area contributed by atoms with E-state index in [2.05, 4.69) is 44.5 Å². The summed E-state index contributed by atoms with van der Waals surface area (Å²) in [7, 11) is -1.94. The van der Waals surface area contributed by atoms with E-state index in [-0.39, 0.29) is 35.7 Å². The summed E-state index contributed by atoms with van der Waals surface area (Å²) in [6, 6.07) is 8.63. The molecule has 0 spiro atoms. The fourth-order valence-corrected chi connectivity index (χ4v) is 3.63. The maximum atomic E-state index is 12.2. The average molecular weight is 436 g/mol. The Morgan fingerprint density at radius 2 is 1.57 bits per heavy atom. The van der Waals surface area contributed by atoms with Crippen LogP contribution in [0.5, 0.6) is 0 Å². The highest BCUT2D eigenvalue weighted by Gasteiger charge is 2.37. The predicted molar refractivity (Wildman–Crippen MR) is 121 cm³/mol. The number of carbonyl (C=O) groups is 3. The summed E-state index contributed by atoms with van der Waals surface area (Å²) < 4.78 is 6.06. The van der Waals surface area contributed by atoms with Gasteiger partial charge in [-0.1, -0.05) is 51.1 Å². The van der Waals surface area contributed by atoms with Gasteiger partial charge in [0.25, 0.3) is 0 Å².